The fraction of sp³-hybridized carbons (Fsp3) is 0.324. The molecule has 1 saturated heterocycles. The van der Waals surface area contributed by atoms with Gasteiger partial charge in [-0.15, -0.1) is 5.10 Å². The predicted octanol–water partition coefficient (Wildman–Crippen LogP) is 0.0154. The van der Waals surface area contributed by atoms with Crippen molar-refractivity contribution in [2.45, 2.75) is 36.9 Å². The fourth-order valence-electron chi connectivity index (χ4n) is 6.83. The van der Waals surface area contributed by atoms with Crippen LogP contribution in [-0.4, -0.2) is 148 Å². The van der Waals surface area contributed by atoms with Crippen LogP contribution < -0.4 is 10.2 Å². The first-order chi connectivity index (χ1) is 27.3. The highest BCUT2D eigenvalue weighted by molar-refractivity contribution is 6.31. The molecule has 20 heteroatoms. The first-order valence-electron chi connectivity index (χ1n) is 17.6. The number of aromatic carboxylic acids is 1. The Morgan fingerprint density at radius 1 is 0.965 bits per heavy atom. The average Bonchev–Trinajstić information content (AvgIpc) is 3.75. The molecular weight excluding hydrogens is 771 g/mol. The van der Waals surface area contributed by atoms with E-state index in [1.165, 1.54) is 63.3 Å². The Balaban J connectivity index is 1.28. The lowest BCUT2D eigenvalue weighted by Crippen LogP contribution is -2.55. The maximum atomic E-state index is 15.3. The minimum absolute atomic E-state index is 0.00887. The number of rotatable bonds is 13. The lowest BCUT2D eigenvalue weighted by molar-refractivity contribution is -0.135. The van der Waals surface area contributed by atoms with Gasteiger partial charge in [0.25, 0.3) is 5.91 Å². The number of hydrogen-bond acceptors (Lipinski definition) is 13. The molecule has 0 spiro atoms. The lowest BCUT2D eigenvalue weighted by Gasteiger charge is -2.40. The summed E-state index contributed by atoms with van der Waals surface area (Å²) in [6.07, 6.45) is -3.10. The molecule has 0 aliphatic carbocycles. The van der Waals surface area contributed by atoms with Crippen LogP contribution in [0, 0.1) is 5.82 Å². The summed E-state index contributed by atoms with van der Waals surface area (Å²) in [7, 11) is 0. The van der Waals surface area contributed by atoms with E-state index >= 15 is 4.39 Å². The highest BCUT2D eigenvalue weighted by atomic mass is 35.5. The summed E-state index contributed by atoms with van der Waals surface area (Å²) in [6.45, 7) is -0.893. The summed E-state index contributed by atoms with van der Waals surface area (Å²) in [5, 5.41) is 72.3. The van der Waals surface area contributed by atoms with Gasteiger partial charge in [-0.3, -0.25) is 19.3 Å². The van der Waals surface area contributed by atoms with Crippen molar-refractivity contribution in [2.75, 3.05) is 49.5 Å². The van der Waals surface area contributed by atoms with Crippen molar-refractivity contribution in [3.8, 4) is 5.69 Å². The van der Waals surface area contributed by atoms with Crippen LogP contribution in [0.2, 0.25) is 5.02 Å². The molecule has 18 nitrogen and oxygen atoms in total. The number of aliphatic hydroxyl groups excluding tert-OH is 5. The summed E-state index contributed by atoms with van der Waals surface area (Å²) < 4.78 is 16.5. The number of tetrazole rings is 1. The molecule has 1 aromatic heterocycles. The minimum Gasteiger partial charge on any atom is -0.478 e. The van der Waals surface area contributed by atoms with Crippen LogP contribution in [0.1, 0.15) is 33.1 Å². The number of fused-ring (bicyclic) bond motifs is 1. The second kappa shape index (κ2) is 17.6. The Bertz CT molecular complexity index is 2160. The van der Waals surface area contributed by atoms with Crippen molar-refractivity contribution in [2.24, 2.45) is 0 Å². The number of aliphatic hydroxyl groups is 5. The average molecular weight is 809 g/mol. The molecule has 7 N–H and O–H groups in total. The number of amides is 3. The van der Waals surface area contributed by atoms with Crippen molar-refractivity contribution in [1.82, 2.24) is 30.0 Å². The van der Waals surface area contributed by atoms with Gasteiger partial charge in [-0.2, -0.15) is 4.68 Å². The Morgan fingerprint density at radius 2 is 1.70 bits per heavy atom. The number of β-amino-alcohol motifs (C(OH)–C–C–N with tert-alkyl or cyclic N) is 1. The van der Waals surface area contributed by atoms with E-state index in [0.29, 0.717) is 16.8 Å². The third kappa shape index (κ3) is 8.84. The van der Waals surface area contributed by atoms with E-state index in [2.05, 4.69) is 20.8 Å². The number of nitrogens with one attached hydrogen (secondary N) is 1. The molecule has 3 aromatic carbocycles. The molecule has 2 aliphatic rings. The molecule has 0 saturated carbocycles. The smallest absolute Gasteiger partial charge is 0.335 e. The first kappa shape index (κ1) is 41.0. The number of halogens is 2. The second-order valence-corrected chi connectivity index (χ2v) is 13.8. The zero-order valence-corrected chi connectivity index (χ0v) is 30.7. The number of anilines is 2. The quantitative estimate of drug-likeness (QED) is 0.0880. The van der Waals surface area contributed by atoms with Crippen LogP contribution in [0.15, 0.2) is 67.0 Å². The van der Waals surface area contributed by atoms with Gasteiger partial charge in [0.2, 0.25) is 11.8 Å². The number of nitrogens with zero attached hydrogens (tertiary/aromatic N) is 7. The summed E-state index contributed by atoms with van der Waals surface area (Å²) in [5.41, 5.74) is 1.82. The number of benzene rings is 3. The molecule has 3 heterocycles. The van der Waals surface area contributed by atoms with E-state index in [1.54, 1.807) is 23.1 Å². The highest BCUT2D eigenvalue weighted by Gasteiger charge is 2.39. The van der Waals surface area contributed by atoms with Crippen molar-refractivity contribution in [1.29, 1.82) is 0 Å². The van der Waals surface area contributed by atoms with E-state index < -0.39 is 60.7 Å². The Labute approximate surface area is 328 Å². The largest absolute Gasteiger partial charge is 0.478 e. The molecule has 0 bridgehead atoms. The van der Waals surface area contributed by atoms with Crippen molar-refractivity contribution < 1.29 is 54.2 Å². The molecule has 57 heavy (non-hydrogen) atoms. The van der Waals surface area contributed by atoms with Gasteiger partial charge in [-0.25, -0.2) is 9.18 Å². The van der Waals surface area contributed by atoms with Gasteiger partial charge in [0.1, 0.15) is 30.7 Å². The molecule has 1 unspecified atom stereocenters. The maximum absolute atomic E-state index is 15.3. The van der Waals surface area contributed by atoms with Crippen molar-refractivity contribution in [3.05, 3.63) is 100 Å². The van der Waals surface area contributed by atoms with E-state index in [4.69, 9.17) is 16.7 Å². The number of carboxylic acid groups (broad SMARTS) is 1. The van der Waals surface area contributed by atoms with E-state index in [9.17, 15) is 44.7 Å². The highest BCUT2D eigenvalue weighted by Crippen LogP contribution is 2.37. The van der Waals surface area contributed by atoms with Gasteiger partial charge < -0.3 is 45.8 Å². The number of hydrogen-bond donors (Lipinski definition) is 7. The van der Waals surface area contributed by atoms with Crippen molar-refractivity contribution >= 4 is 52.7 Å². The maximum Gasteiger partial charge on any atom is 0.335 e. The zero-order valence-electron chi connectivity index (χ0n) is 30.0. The second-order valence-electron chi connectivity index (χ2n) is 13.4. The summed E-state index contributed by atoms with van der Waals surface area (Å²) in [6, 6.07) is 11.9. The number of carbonyl (C=O) groups excluding carboxylic acids is 3. The summed E-state index contributed by atoms with van der Waals surface area (Å²) in [5.74, 6) is -3.70. The van der Waals surface area contributed by atoms with Gasteiger partial charge in [-0.05, 0) is 76.5 Å². The van der Waals surface area contributed by atoms with Gasteiger partial charge in [0.15, 0.2) is 5.82 Å². The van der Waals surface area contributed by atoms with E-state index in [0.717, 1.165) is 6.08 Å². The molecule has 0 radical (unpaired) electrons. The number of aromatic nitrogens is 4. The number of carbonyl (C=O) groups is 4. The number of carboxylic acids is 1. The molecular formula is C37H38ClFN8O10. The van der Waals surface area contributed by atoms with Crippen LogP contribution in [0.25, 0.3) is 11.8 Å². The van der Waals surface area contributed by atoms with Crippen LogP contribution in [0.3, 0.4) is 0 Å². The molecule has 4 aromatic rings. The van der Waals surface area contributed by atoms with Crippen molar-refractivity contribution in [3.63, 3.8) is 0 Å². The zero-order chi connectivity index (χ0) is 41.0. The molecule has 300 valence electrons. The Hall–Kier alpha value is -5.67. The third-order valence-electron chi connectivity index (χ3n) is 9.79. The molecule has 6 rings (SSSR count). The molecule has 5 atom stereocenters. The summed E-state index contributed by atoms with van der Waals surface area (Å²) >= 11 is 6.07. The monoisotopic (exact) mass is 808 g/mol. The molecule has 1 fully saturated rings. The molecule has 2 aliphatic heterocycles. The third-order valence-corrected chi connectivity index (χ3v) is 10.1. The lowest BCUT2D eigenvalue weighted by atomic mass is 9.89. The first-order valence-corrected chi connectivity index (χ1v) is 18.0. The van der Waals surface area contributed by atoms with E-state index in [-0.39, 0.29) is 72.6 Å². The Morgan fingerprint density at radius 3 is 2.37 bits per heavy atom. The topological polar surface area (TPSA) is 255 Å². The van der Waals surface area contributed by atoms with Gasteiger partial charge in [0.05, 0.1) is 35.5 Å². The van der Waals surface area contributed by atoms with Crippen LogP contribution in [0.4, 0.5) is 15.8 Å². The SMILES string of the molecule is O=C(O)c1ccc(NC(=O)C2c3cccc(N4CCN(C[C@H](O)[C@@H](O)[C@H](O)[C@H](O)CO)CC4=O)c3CCN2C(=O)/C=C/c2c(-n3cnnn3)ccc(Cl)c2F)cc1. The standard InChI is InChI=1S/C37H38ClFN8O10/c38-25-9-10-27(47-19-40-42-43-47)24(32(25)39)8-11-30(51)46-13-12-22-23(33(46)36(55)41-21-6-4-20(5-7-21)37(56)57)2-1-3-26(22)45-15-14-44(17-31(45)52)16-28(49)34(53)35(54)29(50)18-48/h1-11,19,28-29,33-35,48-50,53-54H,12-18H2,(H,41,55)(H,56,57)/b11-8+/t28-,29+,33?,34+,35+/m0/s1. The normalized spacial score (nSPS) is 18.2. The fourth-order valence-corrected chi connectivity index (χ4v) is 7.00. The van der Waals surface area contributed by atoms with Crippen LogP contribution in [-0.2, 0) is 20.8 Å². The van der Waals surface area contributed by atoms with Gasteiger partial charge >= 0.3 is 5.97 Å². The van der Waals surface area contributed by atoms with E-state index in [1.807, 2.05) is 0 Å². The predicted molar refractivity (Wildman–Crippen MR) is 200 cm³/mol. The van der Waals surface area contributed by atoms with Gasteiger partial charge in [0, 0.05) is 49.2 Å². The number of piperazine rings is 1. The van der Waals surface area contributed by atoms with Gasteiger partial charge in [-0.1, -0.05) is 23.7 Å². The van der Waals surface area contributed by atoms with Crippen LogP contribution in [0.5, 0.6) is 0 Å². The minimum atomic E-state index is -1.82. The van der Waals surface area contributed by atoms with Crippen LogP contribution >= 0.6 is 11.6 Å². The Kier molecular flexibility index (Phi) is 12.7. The summed E-state index contributed by atoms with van der Waals surface area (Å²) in [4.78, 5) is 57.6. The molecule has 3 amide bonds.